The number of aliphatic hydroxyl groups is 1. The highest BCUT2D eigenvalue weighted by atomic mass is 19.4. The van der Waals surface area contributed by atoms with E-state index in [1.165, 1.54) is 6.08 Å². The van der Waals surface area contributed by atoms with E-state index in [1.807, 2.05) is 6.92 Å². The molecule has 0 aromatic heterocycles. The van der Waals surface area contributed by atoms with Gasteiger partial charge in [0.15, 0.2) is 5.60 Å². The van der Waals surface area contributed by atoms with Crippen LogP contribution in [0.3, 0.4) is 0 Å². The lowest BCUT2D eigenvalue weighted by Crippen LogP contribution is -2.45. The number of allylic oxidation sites excluding steroid dienone is 1. The average Bonchev–Trinajstić information content (AvgIpc) is 2.04. The number of alkyl halides is 3. The van der Waals surface area contributed by atoms with Crippen molar-refractivity contribution in [3.63, 3.8) is 0 Å². The summed E-state index contributed by atoms with van der Waals surface area (Å²) in [4.78, 5) is 0. The second kappa shape index (κ2) is 3.33. The topological polar surface area (TPSA) is 20.2 Å². The van der Waals surface area contributed by atoms with Gasteiger partial charge in [-0.25, -0.2) is 0 Å². The lowest BCUT2D eigenvalue weighted by molar-refractivity contribution is -0.244. The smallest absolute Gasteiger partial charge is 0.377 e. The molecule has 1 nitrogen and oxygen atoms in total. The van der Waals surface area contributed by atoms with E-state index in [2.05, 4.69) is 0 Å². The van der Waals surface area contributed by atoms with E-state index in [0.717, 1.165) is 12.5 Å². The molecule has 0 aliphatic heterocycles. The predicted molar refractivity (Wildman–Crippen MR) is 43.2 cm³/mol. The molecule has 4 heteroatoms. The maximum Gasteiger partial charge on any atom is 0.420 e. The van der Waals surface area contributed by atoms with Crippen LogP contribution in [0, 0.1) is 5.92 Å². The zero-order valence-corrected chi connectivity index (χ0v) is 7.43. The highest BCUT2D eigenvalue weighted by Gasteiger charge is 2.52. The first-order valence-electron chi connectivity index (χ1n) is 4.37. The van der Waals surface area contributed by atoms with E-state index in [-0.39, 0.29) is 12.3 Å². The van der Waals surface area contributed by atoms with Crippen LogP contribution >= 0.6 is 0 Å². The first kappa shape index (κ1) is 10.6. The Bertz CT molecular complexity index is 209. The van der Waals surface area contributed by atoms with Crippen molar-refractivity contribution in [1.82, 2.24) is 0 Å². The fraction of sp³-hybridized carbons (Fsp3) is 0.778. The molecule has 0 saturated carbocycles. The summed E-state index contributed by atoms with van der Waals surface area (Å²) < 4.78 is 36.8. The molecule has 0 fully saturated rings. The van der Waals surface area contributed by atoms with Crippen LogP contribution in [0.2, 0.25) is 0 Å². The molecule has 76 valence electrons. The second-order valence-electron chi connectivity index (χ2n) is 3.49. The van der Waals surface area contributed by atoms with Crippen LogP contribution in [0.1, 0.15) is 26.2 Å². The molecule has 1 aliphatic carbocycles. The number of hydrogen-bond acceptors (Lipinski definition) is 1. The lowest BCUT2D eigenvalue weighted by Gasteiger charge is -2.32. The van der Waals surface area contributed by atoms with Gasteiger partial charge in [0.1, 0.15) is 0 Å². The van der Waals surface area contributed by atoms with Crippen molar-refractivity contribution in [2.24, 2.45) is 5.92 Å². The fourth-order valence-electron chi connectivity index (χ4n) is 1.46. The van der Waals surface area contributed by atoms with Crippen LogP contribution in [0.5, 0.6) is 0 Å². The van der Waals surface area contributed by atoms with Crippen LogP contribution < -0.4 is 0 Å². The first-order valence-corrected chi connectivity index (χ1v) is 4.37. The van der Waals surface area contributed by atoms with Crippen molar-refractivity contribution < 1.29 is 18.3 Å². The summed E-state index contributed by atoms with van der Waals surface area (Å²) >= 11 is 0. The molecule has 0 bridgehead atoms. The van der Waals surface area contributed by atoms with Crippen molar-refractivity contribution in [3.8, 4) is 0 Å². The van der Waals surface area contributed by atoms with Crippen LogP contribution in [-0.2, 0) is 0 Å². The molecule has 0 heterocycles. The molecule has 2 atom stereocenters. The Balaban J connectivity index is 2.75. The summed E-state index contributed by atoms with van der Waals surface area (Å²) in [6.07, 6.45) is -1.16. The molecule has 0 aromatic rings. The highest BCUT2D eigenvalue weighted by molar-refractivity contribution is 5.11. The van der Waals surface area contributed by atoms with E-state index in [4.69, 9.17) is 0 Å². The van der Waals surface area contributed by atoms with Crippen LogP contribution in [-0.4, -0.2) is 16.9 Å². The quantitative estimate of drug-likeness (QED) is 0.636. The third kappa shape index (κ3) is 2.05. The van der Waals surface area contributed by atoms with Crippen LogP contribution in [0.25, 0.3) is 0 Å². The molecule has 0 spiro atoms. The fourth-order valence-corrected chi connectivity index (χ4v) is 1.46. The van der Waals surface area contributed by atoms with Crippen molar-refractivity contribution in [1.29, 1.82) is 0 Å². The number of hydrogen-bond donors (Lipinski definition) is 1. The van der Waals surface area contributed by atoms with Gasteiger partial charge in [-0.15, -0.1) is 0 Å². The van der Waals surface area contributed by atoms with Gasteiger partial charge in [-0.3, -0.25) is 0 Å². The lowest BCUT2D eigenvalue weighted by atomic mass is 9.84. The van der Waals surface area contributed by atoms with Gasteiger partial charge in [-0.05, 0) is 31.3 Å². The predicted octanol–water partition coefficient (Wildman–Crippen LogP) is 2.66. The van der Waals surface area contributed by atoms with Gasteiger partial charge in [-0.2, -0.15) is 13.2 Å². The van der Waals surface area contributed by atoms with Gasteiger partial charge >= 0.3 is 6.18 Å². The summed E-state index contributed by atoms with van der Waals surface area (Å²) in [7, 11) is 0. The first-order chi connectivity index (χ1) is 5.89. The summed E-state index contributed by atoms with van der Waals surface area (Å²) in [5.74, 6) is 0.183. The van der Waals surface area contributed by atoms with Gasteiger partial charge in [0.25, 0.3) is 0 Å². The third-order valence-electron chi connectivity index (χ3n) is 2.56. The molecule has 0 saturated heterocycles. The highest BCUT2D eigenvalue weighted by Crippen LogP contribution is 2.39. The molecule has 0 amide bonds. The zero-order valence-electron chi connectivity index (χ0n) is 7.43. The summed E-state index contributed by atoms with van der Waals surface area (Å²) in [5, 5.41) is 9.21. The number of rotatable bonds is 1. The molecular weight excluding hydrogens is 181 g/mol. The monoisotopic (exact) mass is 194 g/mol. The maximum absolute atomic E-state index is 12.3. The SMILES string of the molecule is CCC1C=CC(O)(C(F)(F)F)CC1. The molecule has 0 radical (unpaired) electrons. The van der Waals surface area contributed by atoms with Gasteiger partial charge < -0.3 is 5.11 Å². The van der Waals surface area contributed by atoms with E-state index in [0.29, 0.717) is 6.42 Å². The van der Waals surface area contributed by atoms with Crippen LogP contribution in [0.15, 0.2) is 12.2 Å². The van der Waals surface area contributed by atoms with Gasteiger partial charge in [-0.1, -0.05) is 13.0 Å². The Labute approximate surface area is 75.3 Å². The molecular formula is C9H13F3O. The molecule has 0 aromatic carbocycles. The Morgan fingerprint density at radius 3 is 2.46 bits per heavy atom. The van der Waals surface area contributed by atoms with Crippen molar-refractivity contribution in [2.75, 3.05) is 0 Å². The Hall–Kier alpha value is -0.510. The standard InChI is InChI=1S/C9H13F3O/c1-2-7-3-5-8(13,6-4-7)9(10,11)12/h3,5,7,13H,2,4,6H2,1H3. The Kier molecular flexibility index (Phi) is 2.71. The average molecular weight is 194 g/mol. The van der Waals surface area contributed by atoms with Crippen LogP contribution in [0.4, 0.5) is 13.2 Å². The van der Waals surface area contributed by atoms with Gasteiger partial charge in [0.2, 0.25) is 0 Å². The van der Waals surface area contributed by atoms with E-state index >= 15 is 0 Å². The minimum Gasteiger partial charge on any atom is -0.377 e. The summed E-state index contributed by atoms with van der Waals surface area (Å²) in [6, 6.07) is 0. The zero-order chi connectivity index (χ0) is 10.1. The van der Waals surface area contributed by atoms with Gasteiger partial charge in [0.05, 0.1) is 0 Å². The summed E-state index contributed by atoms with van der Waals surface area (Å²) in [6.45, 7) is 1.92. The summed E-state index contributed by atoms with van der Waals surface area (Å²) in [5.41, 5.74) is -2.58. The van der Waals surface area contributed by atoms with E-state index in [9.17, 15) is 18.3 Å². The van der Waals surface area contributed by atoms with Crippen molar-refractivity contribution >= 4 is 0 Å². The maximum atomic E-state index is 12.3. The largest absolute Gasteiger partial charge is 0.420 e. The Morgan fingerprint density at radius 2 is 2.15 bits per heavy atom. The molecule has 1 rings (SSSR count). The molecule has 1 N–H and O–H groups in total. The molecule has 2 unspecified atom stereocenters. The van der Waals surface area contributed by atoms with Crippen molar-refractivity contribution in [2.45, 2.75) is 38.0 Å². The normalized spacial score (nSPS) is 35.0. The third-order valence-corrected chi connectivity index (χ3v) is 2.56. The van der Waals surface area contributed by atoms with Gasteiger partial charge in [0, 0.05) is 0 Å². The Morgan fingerprint density at radius 1 is 1.54 bits per heavy atom. The molecule has 1 aliphatic rings. The van der Waals surface area contributed by atoms with E-state index in [1.54, 1.807) is 0 Å². The minimum atomic E-state index is -4.54. The van der Waals surface area contributed by atoms with Crippen molar-refractivity contribution in [3.05, 3.63) is 12.2 Å². The van der Waals surface area contributed by atoms with E-state index < -0.39 is 11.8 Å². The minimum absolute atomic E-state index is 0.183. The number of halogens is 3. The second-order valence-corrected chi connectivity index (χ2v) is 3.49. The molecule has 13 heavy (non-hydrogen) atoms.